The first-order valence-corrected chi connectivity index (χ1v) is 47.0. The highest BCUT2D eigenvalue weighted by atomic mass is 31.2. The molecule has 0 amide bonds. The minimum Gasteiger partial charge on any atom is -0.462 e. The monoisotopic (exact) mass is 1520 g/mol. The zero-order valence-electron chi connectivity index (χ0n) is 68.3. The standard InChI is InChI=1S/C85H166O17P2/c1-7-10-12-14-16-18-20-22-24-25-26-31-34-38-42-49-55-61-67-82(87)95-73-80(101-84(89)70-64-58-52-44-40-36-32-28-27-30-33-37-41-47-53-59-65-77(4)5)75-99-103(91,92)97-71-79(86)72-98-104(93,94)100-76-81(74-96-83(88)68-62-56-50-46-45-48-54-60-66-78(6)9-3)102-85(90)69-63-57-51-43-39-35-29-23-21-19-17-15-13-11-8-2/h77-81,86H,7-76H2,1-6H3,(H,91,92)(H,93,94)/t78?,79-,80-,81-/m1/s1. The molecule has 0 spiro atoms. The summed E-state index contributed by atoms with van der Waals surface area (Å²) in [6, 6.07) is 0. The largest absolute Gasteiger partial charge is 0.472 e. The fourth-order valence-electron chi connectivity index (χ4n) is 13.2. The summed E-state index contributed by atoms with van der Waals surface area (Å²) in [5, 5.41) is 10.7. The Morgan fingerprint density at radius 1 is 0.279 bits per heavy atom. The first-order chi connectivity index (χ1) is 50.4. The second-order valence-corrected chi connectivity index (χ2v) is 34.2. The van der Waals surface area contributed by atoms with Gasteiger partial charge in [0.15, 0.2) is 12.2 Å². The first kappa shape index (κ1) is 102. The molecule has 618 valence electrons. The minimum atomic E-state index is -4.97. The Kier molecular flexibility index (Phi) is 75.0. The lowest BCUT2D eigenvalue weighted by atomic mass is 9.99. The quantitative estimate of drug-likeness (QED) is 0.0222. The maximum atomic E-state index is 13.1. The Morgan fingerprint density at radius 3 is 0.731 bits per heavy atom. The maximum absolute atomic E-state index is 13.1. The van der Waals surface area contributed by atoms with E-state index in [1.807, 2.05) is 0 Å². The molecule has 0 saturated heterocycles. The van der Waals surface area contributed by atoms with E-state index < -0.39 is 97.5 Å². The third kappa shape index (κ3) is 76.8. The molecule has 17 nitrogen and oxygen atoms in total. The van der Waals surface area contributed by atoms with Gasteiger partial charge in [-0.05, 0) is 37.5 Å². The minimum absolute atomic E-state index is 0.108. The summed E-state index contributed by atoms with van der Waals surface area (Å²) in [6.07, 6.45) is 67.9. The molecule has 0 aliphatic heterocycles. The van der Waals surface area contributed by atoms with Gasteiger partial charge in [0.2, 0.25) is 0 Å². The number of rotatable bonds is 84. The lowest BCUT2D eigenvalue weighted by Crippen LogP contribution is -2.30. The highest BCUT2D eigenvalue weighted by Crippen LogP contribution is 2.45. The average molecular weight is 1520 g/mol. The van der Waals surface area contributed by atoms with E-state index in [1.54, 1.807) is 0 Å². The molecule has 19 heteroatoms. The van der Waals surface area contributed by atoms with Gasteiger partial charge in [-0.15, -0.1) is 0 Å². The summed E-state index contributed by atoms with van der Waals surface area (Å²) in [5.74, 6) is -0.515. The van der Waals surface area contributed by atoms with Crippen LogP contribution in [0.5, 0.6) is 0 Å². The van der Waals surface area contributed by atoms with Gasteiger partial charge in [-0.1, -0.05) is 401 Å². The number of aliphatic hydroxyl groups is 1. The van der Waals surface area contributed by atoms with Gasteiger partial charge in [0.25, 0.3) is 0 Å². The predicted octanol–water partition coefficient (Wildman–Crippen LogP) is 25.8. The van der Waals surface area contributed by atoms with Gasteiger partial charge in [0, 0.05) is 25.7 Å². The second kappa shape index (κ2) is 76.4. The number of phosphoric ester groups is 2. The third-order valence-electron chi connectivity index (χ3n) is 20.3. The van der Waals surface area contributed by atoms with Crippen LogP contribution in [0, 0.1) is 11.8 Å². The molecule has 0 heterocycles. The van der Waals surface area contributed by atoms with Crippen molar-refractivity contribution in [1.82, 2.24) is 0 Å². The van der Waals surface area contributed by atoms with Crippen LogP contribution in [-0.2, 0) is 65.4 Å². The molecule has 0 fully saturated rings. The summed E-state index contributed by atoms with van der Waals surface area (Å²) in [7, 11) is -9.93. The molecule has 0 bridgehead atoms. The Morgan fingerprint density at radius 2 is 0.490 bits per heavy atom. The Hall–Kier alpha value is -1.94. The van der Waals surface area contributed by atoms with Crippen molar-refractivity contribution in [3.63, 3.8) is 0 Å². The van der Waals surface area contributed by atoms with Crippen molar-refractivity contribution in [2.24, 2.45) is 11.8 Å². The van der Waals surface area contributed by atoms with E-state index in [-0.39, 0.29) is 25.7 Å². The van der Waals surface area contributed by atoms with Crippen molar-refractivity contribution >= 4 is 39.5 Å². The van der Waals surface area contributed by atoms with E-state index in [4.69, 9.17) is 37.0 Å². The summed E-state index contributed by atoms with van der Waals surface area (Å²) in [5.41, 5.74) is 0. The number of ether oxygens (including phenoxy) is 4. The Bertz CT molecular complexity index is 2000. The van der Waals surface area contributed by atoms with Crippen molar-refractivity contribution in [1.29, 1.82) is 0 Å². The summed E-state index contributed by atoms with van der Waals surface area (Å²) in [4.78, 5) is 73.2. The topological polar surface area (TPSA) is 237 Å². The lowest BCUT2D eigenvalue weighted by molar-refractivity contribution is -0.161. The van der Waals surface area contributed by atoms with Crippen LogP contribution >= 0.6 is 15.6 Å². The van der Waals surface area contributed by atoms with Crippen molar-refractivity contribution in [3.05, 3.63) is 0 Å². The molecule has 0 aromatic carbocycles. The second-order valence-electron chi connectivity index (χ2n) is 31.3. The summed E-state index contributed by atoms with van der Waals surface area (Å²) >= 11 is 0. The predicted molar refractivity (Wildman–Crippen MR) is 428 cm³/mol. The third-order valence-corrected chi connectivity index (χ3v) is 22.2. The van der Waals surface area contributed by atoms with Crippen molar-refractivity contribution in [2.75, 3.05) is 39.6 Å². The Labute approximate surface area is 638 Å². The smallest absolute Gasteiger partial charge is 0.462 e. The molecule has 0 aromatic heterocycles. The Balaban J connectivity index is 5.26. The van der Waals surface area contributed by atoms with E-state index in [9.17, 15) is 43.2 Å². The van der Waals surface area contributed by atoms with Gasteiger partial charge in [-0.2, -0.15) is 0 Å². The number of carbonyl (C=O) groups is 4. The number of hydrogen-bond donors (Lipinski definition) is 3. The number of esters is 4. The molecule has 0 radical (unpaired) electrons. The number of carbonyl (C=O) groups excluding carboxylic acids is 4. The zero-order valence-corrected chi connectivity index (χ0v) is 70.1. The number of phosphoric acid groups is 2. The number of aliphatic hydroxyl groups excluding tert-OH is 1. The van der Waals surface area contributed by atoms with Gasteiger partial charge >= 0.3 is 39.5 Å². The van der Waals surface area contributed by atoms with Crippen LogP contribution in [0.2, 0.25) is 0 Å². The molecule has 3 N–H and O–H groups in total. The van der Waals surface area contributed by atoms with Crippen LogP contribution in [0.4, 0.5) is 0 Å². The van der Waals surface area contributed by atoms with E-state index in [1.165, 1.54) is 270 Å². The molecule has 0 aromatic rings. The summed E-state index contributed by atoms with van der Waals surface area (Å²) < 4.78 is 68.9. The SMILES string of the molecule is CCCCCCCCCCCCCCCCCCCCC(=O)OC[C@H](COP(=O)(O)OC[C@@H](O)COP(=O)(O)OC[C@@H](COC(=O)CCCCCCCCCCC(C)CC)OC(=O)CCCCCCCCCCCCCCCCC)OC(=O)CCCCCCCCCCCCCCCCCCC(C)C. The fourth-order valence-corrected chi connectivity index (χ4v) is 14.8. The van der Waals surface area contributed by atoms with Crippen molar-refractivity contribution in [2.45, 2.75) is 471 Å². The van der Waals surface area contributed by atoms with Crippen LogP contribution in [0.3, 0.4) is 0 Å². The summed E-state index contributed by atoms with van der Waals surface area (Å²) in [6.45, 7) is 9.70. The van der Waals surface area contributed by atoms with Crippen molar-refractivity contribution < 1.29 is 80.2 Å². The van der Waals surface area contributed by atoms with Gasteiger partial charge in [0.1, 0.15) is 19.3 Å². The van der Waals surface area contributed by atoms with E-state index in [2.05, 4.69) is 41.5 Å². The molecule has 0 aliphatic rings. The van der Waals surface area contributed by atoms with E-state index >= 15 is 0 Å². The lowest BCUT2D eigenvalue weighted by Gasteiger charge is -2.21. The normalized spacial score (nSPS) is 14.1. The van der Waals surface area contributed by atoms with Gasteiger partial charge < -0.3 is 33.8 Å². The van der Waals surface area contributed by atoms with Crippen LogP contribution < -0.4 is 0 Å². The molecule has 0 aliphatic carbocycles. The van der Waals surface area contributed by atoms with Crippen LogP contribution in [-0.4, -0.2) is 96.7 Å². The number of hydrogen-bond acceptors (Lipinski definition) is 15. The highest BCUT2D eigenvalue weighted by Gasteiger charge is 2.30. The fraction of sp³-hybridized carbons (Fsp3) is 0.953. The molecular formula is C85H166O17P2. The molecule has 6 atom stereocenters. The van der Waals surface area contributed by atoms with E-state index in [0.717, 1.165) is 102 Å². The zero-order chi connectivity index (χ0) is 76.4. The van der Waals surface area contributed by atoms with Gasteiger partial charge in [0.05, 0.1) is 26.4 Å². The number of unbranched alkanes of at least 4 members (excludes halogenated alkanes) is 53. The maximum Gasteiger partial charge on any atom is 0.472 e. The molecule has 3 unspecified atom stereocenters. The molecular weight excluding hydrogens is 1350 g/mol. The average Bonchev–Trinajstić information content (AvgIpc) is 0.915. The highest BCUT2D eigenvalue weighted by molar-refractivity contribution is 7.47. The van der Waals surface area contributed by atoms with Gasteiger partial charge in [-0.3, -0.25) is 37.3 Å². The van der Waals surface area contributed by atoms with E-state index in [0.29, 0.717) is 25.7 Å². The first-order valence-electron chi connectivity index (χ1n) is 44.0. The van der Waals surface area contributed by atoms with Crippen molar-refractivity contribution in [3.8, 4) is 0 Å². The van der Waals surface area contributed by atoms with Gasteiger partial charge in [-0.25, -0.2) is 9.13 Å². The van der Waals surface area contributed by atoms with Crippen LogP contribution in [0.25, 0.3) is 0 Å². The molecule has 0 saturated carbocycles. The molecule has 104 heavy (non-hydrogen) atoms. The van der Waals surface area contributed by atoms with Crippen LogP contribution in [0.15, 0.2) is 0 Å². The molecule has 0 rings (SSSR count). The van der Waals surface area contributed by atoms with Crippen LogP contribution in [0.1, 0.15) is 452 Å².